The lowest BCUT2D eigenvalue weighted by molar-refractivity contribution is -0.120. The summed E-state index contributed by atoms with van der Waals surface area (Å²) >= 11 is 5.63. The van der Waals surface area contributed by atoms with Gasteiger partial charge < -0.3 is 10.1 Å². The highest BCUT2D eigenvalue weighted by atomic mass is 35.5. The van der Waals surface area contributed by atoms with Crippen LogP contribution in [0.2, 0.25) is 0 Å². The van der Waals surface area contributed by atoms with E-state index in [1.54, 1.807) is 6.92 Å². The molecule has 0 saturated heterocycles. The lowest BCUT2D eigenvalue weighted by atomic mass is 10.1. The Hall–Kier alpha value is -1.22. The van der Waals surface area contributed by atoms with Gasteiger partial charge in [0.05, 0.1) is 6.54 Å². The number of ether oxygens (including phenoxy) is 1. The van der Waals surface area contributed by atoms with E-state index in [2.05, 4.69) is 25.2 Å². The molecule has 0 spiro atoms. The third-order valence-electron chi connectivity index (χ3n) is 2.81. The van der Waals surface area contributed by atoms with E-state index >= 15 is 0 Å². The van der Waals surface area contributed by atoms with Crippen LogP contribution < -0.4 is 10.1 Å². The number of benzene rings is 1. The molecule has 100 valence electrons. The van der Waals surface area contributed by atoms with Crippen molar-refractivity contribution in [2.24, 2.45) is 0 Å². The first-order valence-electron chi connectivity index (χ1n) is 6.04. The number of carbonyl (C=O) groups excluding carboxylic acids is 1. The third-order valence-corrected chi connectivity index (χ3v) is 3.01. The Morgan fingerprint density at radius 3 is 2.50 bits per heavy atom. The van der Waals surface area contributed by atoms with Crippen LogP contribution in [0.25, 0.3) is 0 Å². The molecule has 0 radical (unpaired) electrons. The van der Waals surface area contributed by atoms with E-state index in [1.165, 1.54) is 11.1 Å². The van der Waals surface area contributed by atoms with Gasteiger partial charge in [-0.1, -0.05) is 6.07 Å². The summed E-state index contributed by atoms with van der Waals surface area (Å²) in [4.78, 5) is 11.2. The number of halogens is 1. The zero-order chi connectivity index (χ0) is 13.7. The Morgan fingerprint density at radius 2 is 1.89 bits per heavy atom. The second kappa shape index (κ2) is 6.64. The molecule has 1 N–H and O–H groups in total. The highest BCUT2D eigenvalue weighted by Gasteiger charge is 2.08. The molecular weight excluding hydrogens is 250 g/mol. The second-order valence-corrected chi connectivity index (χ2v) is 5.11. The maximum atomic E-state index is 11.2. The van der Waals surface area contributed by atoms with E-state index in [4.69, 9.17) is 16.3 Å². The number of aryl methyl sites for hydroxylation is 3. The van der Waals surface area contributed by atoms with Gasteiger partial charge in [-0.15, -0.1) is 11.6 Å². The normalized spacial score (nSPS) is 12.1. The third kappa shape index (κ3) is 4.22. The van der Waals surface area contributed by atoms with Crippen LogP contribution in [0.5, 0.6) is 5.75 Å². The predicted molar refractivity (Wildman–Crippen MR) is 74.5 cm³/mol. The van der Waals surface area contributed by atoms with Crippen molar-refractivity contribution in [2.75, 3.05) is 13.2 Å². The van der Waals surface area contributed by atoms with Crippen molar-refractivity contribution in [3.8, 4) is 5.75 Å². The minimum atomic E-state index is -0.506. The molecule has 0 bridgehead atoms. The molecule has 0 aromatic heterocycles. The van der Waals surface area contributed by atoms with E-state index in [1.807, 2.05) is 13.0 Å². The smallest absolute Gasteiger partial charge is 0.237 e. The fourth-order valence-corrected chi connectivity index (χ4v) is 1.64. The van der Waals surface area contributed by atoms with E-state index in [9.17, 15) is 4.79 Å². The zero-order valence-corrected chi connectivity index (χ0v) is 12.1. The van der Waals surface area contributed by atoms with Gasteiger partial charge in [-0.05, 0) is 50.5 Å². The van der Waals surface area contributed by atoms with E-state index in [0.717, 1.165) is 11.3 Å². The average molecular weight is 270 g/mol. The number of alkyl halides is 1. The quantitative estimate of drug-likeness (QED) is 0.659. The SMILES string of the molecule is Cc1cc(C)c(OCCNC(=O)C(C)Cl)cc1C. The molecule has 0 fully saturated rings. The van der Waals surface area contributed by atoms with Crippen LogP contribution in [-0.4, -0.2) is 24.4 Å². The maximum Gasteiger partial charge on any atom is 0.237 e. The molecule has 1 aromatic carbocycles. The number of nitrogens with one attached hydrogen (secondary N) is 1. The summed E-state index contributed by atoms with van der Waals surface area (Å²) in [5, 5.41) is 2.20. The molecule has 1 rings (SSSR count). The number of carbonyl (C=O) groups is 1. The van der Waals surface area contributed by atoms with E-state index < -0.39 is 5.38 Å². The highest BCUT2D eigenvalue weighted by Crippen LogP contribution is 2.22. The maximum absolute atomic E-state index is 11.2. The molecule has 1 aromatic rings. The van der Waals surface area contributed by atoms with Crippen molar-refractivity contribution in [3.05, 3.63) is 28.8 Å². The minimum Gasteiger partial charge on any atom is -0.491 e. The number of hydrogen-bond acceptors (Lipinski definition) is 2. The zero-order valence-electron chi connectivity index (χ0n) is 11.3. The van der Waals surface area contributed by atoms with Crippen molar-refractivity contribution >= 4 is 17.5 Å². The molecule has 1 atom stereocenters. The topological polar surface area (TPSA) is 38.3 Å². The van der Waals surface area contributed by atoms with Crippen molar-refractivity contribution < 1.29 is 9.53 Å². The predicted octanol–water partition coefficient (Wildman–Crippen LogP) is 2.73. The molecule has 1 unspecified atom stereocenters. The van der Waals surface area contributed by atoms with Gasteiger partial charge in [0.25, 0.3) is 0 Å². The first-order valence-corrected chi connectivity index (χ1v) is 6.48. The Bertz CT molecular complexity index is 430. The second-order valence-electron chi connectivity index (χ2n) is 4.46. The van der Waals surface area contributed by atoms with Crippen LogP contribution in [-0.2, 0) is 4.79 Å². The first-order chi connectivity index (χ1) is 8.41. The molecule has 0 aliphatic carbocycles. The summed E-state index contributed by atoms with van der Waals surface area (Å²) < 4.78 is 5.64. The lowest BCUT2D eigenvalue weighted by Crippen LogP contribution is -2.32. The van der Waals surface area contributed by atoms with Gasteiger partial charge in [-0.3, -0.25) is 4.79 Å². The molecular formula is C14H20ClNO2. The van der Waals surface area contributed by atoms with E-state index in [-0.39, 0.29) is 5.91 Å². The summed E-state index contributed by atoms with van der Waals surface area (Å²) in [6, 6.07) is 4.13. The molecule has 1 amide bonds. The van der Waals surface area contributed by atoms with Crippen LogP contribution in [0.3, 0.4) is 0 Å². The van der Waals surface area contributed by atoms with Crippen molar-refractivity contribution in [1.29, 1.82) is 0 Å². The lowest BCUT2D eigenvalue weighted by Gasteiger charge is -2.12. The molecule has 0 heterocycles. The Balaban J connectivity index is 2.45. The van der Waals surface area contributed by atoms with Crippen LogP contribution in [0.4, 0.5) is 0 Å². The molecule has 0 saturated carbocycles. The summed E-state index contributed by atoms with van der Waals surface area (Å²) in [6.07, 6.45) is 0. The minimum absolute atomic E-state index is 0.169. The van der Waals surface area contributed by atoms with Gasteiger partial charge in [0.1, 0.15) is 17.7 Å². The largest absolute Gasteiger partial charge is 0.491 e. The van der Waals surface area contributed by atoms with E-state index in [0.29, 0.717) is 13.2 Å². The van der Waals surface area contributed by atoms with Crippen LogP contribution in [0.1, 0.15) is 23.6 Å². The van der Waals surface area contributed by atoms with Gasteiger partial charge in [0.15, 0.2) is 0 Å². The molecule has 4 heteroatoms. The number of amides is 1. The van der Waals surface area contributed by atoms with Gasteiger partial charge in [-0.25, -0.2) is 0 Å². The Morgan fingerprint density at radius 1 is 1.28 bits per heavy atom. The van der Waals surface area contributed by atoms with Crippen LogP contribution >= 0.6 is 11.6 Å². The monoisotopic (exact) mass is 269 g/mol. The summed E-state index contributed by atoms with van der Waals surface area (Å²) in [6.45, 7) is 8.69. The van der Waals surface area contributed by atoms with Crippen molar-refractivity contribution in [3.63, 3.8) is 0 Å². The van der Waals surface area contributed by atoms with Gasteiger partial charge in [0.2, 0.25) is 5.91 Å². The summed E-state index contributed by atoms with van der Waals surface area (Å²) in [5.41, 5.74) is 3.56. The Kier molecular flexibility index (Phi) is 5.48. The van der Waals surface area contributed by atoms with Crippen molar-refractivity contribution in [1.82, 2.24) is 5.32 Å². The molecule has 18 heavy (non-hydrogen) atoms. The molecule has 3 nitrogen and oxygen atoms in total. The number of hydrogen-bond donors (Lipinski definition) is 1. The first kappa shape index (κ1) is 14.8. The molecule has 0 aliphatic rings. The number of rotatable bonds is 5. The summed E-state index contributed by atoms with van der Waals surface area (Å²) in [5.74, 6) is 0.698. The van der Waals surface area contributed by atoms with Crippen molar-refractivity contribution in [2.45, 2.75) is 33.1 Å². The Labute approximate surface area is 113 Å². The van der Waals surface area contributed by atoms with Gasteiger partial charge in [-0.2, -0.15) is 0 Å². The summed E-state index contributed by atoms with van der Waals surface area (Å²) in [7, 11) is 0. The average Bonchev–Trinajstić information content (AvgIpc) is 2.30. The fourth-order valence-electron chi connectivity index (χ4n) is 1.57. The molecule has 0 aliphatic heterocycles. The highest BCUT2D eigenvalue weighted by molar-refractivity contribution is 6.30. The van der Waals surface area contributed by atoms with Gasteiger partial charge >= 0.3 is 0 Å². The standard InChI is InChI=1S/C14H20ClNO2/c1-9-7-11(3)13(8-10(9)2)18-6-5-16-14(17)12(4)15/h7-8,12H,5-6H2,1-4H3,(H,16,17). The van der Waals surface area contributed by atoms with Crippen LogP contribution in [0, 0.1) is 20.8 Å². The van der Waals surface area contributed by atoms with Gasteiger partial charge in [0, 0.05) is 0 Å². The van der Waals surface area contributed by atoms with Crippen LogP contribution in [0.15, 0.2) is 12.1 Å². The fraction of sp³-hybridized carbons (Fsp3) is 0.500.